The number of carbonyl (C=O) groups excluding carboxylic acids is 2. The third-order valence-corrected chi connectivity index (χ3v) is 6.29. The van der Waals surface area contributed by atoms with Crippen LogP contribution in [0, 0.1) is 0 Å². The van der Waals surface area contributed by atoms with E-state index in [-0.39, 0.29) is 24.1 Å². The molecule has 1 aliphatic rings. The highest BCUT2D eigenvalue weighted by Gasteiger charge is 2.27. The molecule has 10 heteroatoms. The van der Waals surface area contributed by atoms with Gasteiger partial charge in [-0.3, -0.25) is 19.1 Å². The first-order chi connectivity index (χ1) is 17.1. The molecular formula is C25H22N6O3S. The fraction of sp³-hybridized carbons (Fsp3) is 0.160. The summed E-state index contributed by atoms with van der Waals surface area (Å²) < 4.78 is 7.47. The van der Waals surface area contributed by atoms with Crippen LogP contribution in [0.2, 0.25) is 0 Å². The van der Waals surface area contributed by atoms with E-state index in [0.717, 1.165) is 17.0 Å². The Balaban J connectivity index is 1.44. The number of carbonyl (C=O) groups is 2. The quantitative estimate of drug-likeness (QED) is 0.396. The van der Waals surface area contributed by atoms with Crippen LogP contribution in [-0.4, -0.2) is 50.5 Å². The largest absolute Gasteiger partial charge is 0.494 e. The monoisotopic (exact) mass is 486 g/mol. The van der Waals surface area contributed by atoms with E-state index >= 15 is 0 Å². The number of thioether (sulfide) groups is 1. The number of ether oxygens (including phenoxy) is 1. The minimum absolute atomic E-state index is 0.0236. The average Bonchev–Trinajstić information content (AvgIpc) is 3.32. The van der Waals surface area contributed by atoms with Crippen LogP contribution in [0.25, 0.3) is 17.1 Å². The molecule has 1 aliphatic heterocycles. The van der Waals surface area contributed by atoms with Gasteiger partial charge in [0.1, 0.15) is 12.3 Å². The summed E-state index contributed by atoms with van der Waals surface area (Å²) in [5, 5.41) is 12.1. The average molecular weight is 487 g/mol. The second-order valence-corrected chi connectivity index (χ2v) is 8.58. The SMILES string of the molecule is CCOc1ccc(-n2c(SCC(=O)N3CC(=O)Nc4ccccc43)nnc2-c2ccncc2)cc1. The standard InChI is InChI=1S/C25H22N6O3S/c1-2-34-19-9-7-18(8-10-19)31-24(17-11-13-26-14-12-17)28-29-25(31)35-16-23(33)30-15-22(32)27-20-5-3-4-6-21(20)30/h3-14H,2,15-16H2,1H3,(H,27,32). The molecule has 2 aromatic heterocycles. The normalized spacial score (nSPS) is 12.7. The molecule has 0 radical (unpaired) electrons. The number of nitrogens with zero attached hydrogens (tertiary/aromatic N) is 5. The molecule has 9 nitrogen and oxygen atoms in total. The molecule has 176 valence electrons. The second-order valence-electron chi connectivity index (χ2n) is 7.64. The Morgan fingerprint density at radius 2 is 1.83 bits per heavy atom. The van der Waals surface area contributed by atoms with Gasteiger partial charge in [-0.05, 0) is 55.5 Å². The van der Waals surface area contributed by atoms with E-state index in [0.29, 0.717) is 29.0 Å². The first kappa shape index (κ1) is 22.6. The summed E-state index contributed by atoms with van der Waals surface area (Å²) in [4.78, 5) is 30.9. The zero-order valence-electron chi connectivity index (χ0n) is 18.9. The van der Waals surface area contributed by atoms with Crippen molar-refractivity contribution in [2.45, 2.75) is 12.1 Å². The van der Waals surface area contributed by atoms with E-state index in [2.05, 4.69) is 20.5 Å². The Labute approximate surface area is 206 Å². The Hall–Kier alpha value is -4.18. The number of hydrogen-bond donors (Lipinski definition) is 1. The van der Waals surface area contributed by atoms with Gasteiger partial charge in [0.15, 0.2) is 11.0 Å². The summed E-state index contributed by atoms with van der Waals surface area (Å²) in [6.07, 6.45) is 3.39. The van der Waals surface area contributed by atoms with Crippen LogP contribution in [0.15, 0.2) is 78.2 Å². The van der Waals surface area contributed by atoms with Crippen molar-refractivity contribution in [3.05, 3.63) is 73.1 Å². The van der Waals surface area contributed by atoms with Gasteiger partial charge in [0.2, 0.25) is 11.8 Å². The predicted octanol–water partition coefficient (Wildman–Crippen LogP) is 3.81. The fourth-order valence-corrected chi connectivity index (χ4v) is 4.63. The van der Waals surface area contributed by atoms with Gasteiger partial charge in [0.25, 0.3) is 0 Å². The van der Waals surface area contributed by atoms with Crippen LogP contribution in [0.3, 0.4) is 0 Å². The molecule has 2 aromatic carbocycles. The first-order valence-corrected chi connectivity index (χ1v) is 12.0. The van der Waals surface area contributed by atoms with E-state index in [4.69, 9.17) is 4.74 Å². The molecule has 0 saturated carbocycles. The summed E-state index contributed by atoms with van der Waals surface area (Å²) in [6, 6.07) is 18.6. The number of amides is 2. The van der Waals surface area contributed by atoms with E-state index in [9.17, 15) is 9.59 Å². The lowest BCUT2D eigenvalue weighted by Crippen LogP contribution is -2.43. The number of anilines is 2. The topological polar surface area (TPSA) is 102 Å². The minimum Gasteiger partial charge on any atom is -0.494 e. The lowest BCUT2D eigenvalue weighted by atomic mass is 10.2. The molecule has 0 aliphatic carbocycles. The maximum atomic E-state index is 13.2. The molecule has 1 N–H and O–H groups in total. The molecule has 5 rings (SSSR count). The molecule has 0 unspecified atom stereocenters. The van der Waals surface area contributed by atoms with Crippen molar-refractivity contribution in [1.82, 2.24) is 19.7 Å². The summed E-state index contributed by atoms with van der Waals surface area (Å²) in [7, 11) is 0. The number of para-hydroxylation sites is 2. The number of hydrogen-bond acceptors (Lipinski definition) is 7. The Bertz CT molecular complexity index is 1360. The molecule has 0 atom stereocenters. The van der Waals surface area contributed by atoms with Gasteiger partial charge in [-0.25, -0.2) is 0 Å². The molecule has 35 heavy (non-hydrogen) atoms. The number of fused-ring (bicyclic) bond motifs is 1. The Morgan fingerprint density at radius 1 is 1.06 bits per heavy atom. The molecule has 4 aromatic rings. The van der Waals surface area contributed by atoms with Gasteiger partial charge >= 0.3 is 0 Å². The van der Waals surface area contributed by atoms with Crippen molar-refractivity contribution in [2.24, 2.45) is 0 Å². The van der Waals surface area contributed by atoms with Gasteiger partial charge < -0.3 is 15.0 Å². The van der Waals surface area contributed by atoms with Gasteiger partial charge in [-0.1, -0.05) is 23.9 Å². The van der Waals surface area contributed by atoms with Crippen LogP contribution in [-0.2, 0) is 9.59 Å². The predicted molar refractivity (Wildman–Crippen MR) is 134 cm³/mol. The van der Waals surface area contributed by atoms with Gasteiger partial charge in [-0.2, -0.15) is 0 Å². The lowest BCUT2D eigenvalue weighted by Gasteiger charge is -2.29. The van der Waals surface area contributed by atoms with Gasteiger partial charge in [0, 0.05) is 23.6 Å². The van der Waals surface area contributed by atoms with Crippen molar-refractivity contribution < 1.29 is 14.3 Å². The van der Waals surface area contributed by atoms with E-state index < -0.39 is 0 Å². The number of aromatic nitrogens is 4. The van der Waals surface area contributed by atoms with Gasteiger partial charge in [0.05, 0.1) is 23.7 Å². The van der Waals surface area contributed by atoms with Crippen LogP contribution in [0.4, 0.5) is 11.4 Å². The molecule has 3 heterocycles. The van der Waals surface area contributed by atoms with Crippen molar-refractivity contribution in [3.8, 4) is 22.8 Å². The second kappa shape index (κ2) is 9.98. The number of pyridine rings is 1. The van der Waals surface area contributed by atoms with E-state index in [1.807, 2.05) is 66.1 Å². The zero-order chi connectivity index (χ0) is 24.2. The molecule has 2 amide bonds. The number of nitrogens with one attached hydrogen (secondary N) is 1. The Kier molecular flexibility index (Phi) is 6.44. The van der Waals surface area contributed by atoms with Crippen LogP contribution in [0.5, 0.6) is 5.75 Å². The molecule has 0 bridgehead atoms. The number of rotatable bonds is 7. The zero-order valence-corrected chi connectivity index (χ0v) is 19.7. The van der Waals surface area contributed by atoms with E-state index in [1.54, 1.807) is 18.5 Å². The van der Waals surface area contributed by atoms with Crippen molar-refractivity contribution >= 4 is 35.0 Å². The molecule has 0 spiro atoms. The molecule has 0 fully saturated rings. The maximum Gasteiger partial charge on any atom is 0.244 e. The van der Waals surface area contributed by atoms with Crippen LogP contribution < -0.4 is 15.0 Å². The summed E-state index contributed by atoms with van der Waals surface area (Å²) in [5.74, 6) is 1.08. The smallest absolute Gasteiger partial charge is 0.244 e. The summed E-state index contributed by atoms with van der Waals surface area (Å²) in [6.45, 7) is 2.49. The summed E-state index contributed by atoms with van der Waals surface area (Å²) >= 11 is 1.27. The fourth-order valence-electron chi connectivity index (χ4n) is 3.80. The number of benzene rings is 2. The highest BCUT2D eigenvalue weighted by molar-refractivity contribution is 7.99. The highest BCUT2D eigenvalue weighted by atomic mass is 32.2. The van der Waals surface area contributed by atoms with Crippen molar-refractivity contribution in [1.29, 1.82) is 0 Å². The minimum atomic E-state index is -0.223. The summed E-state index contributed by atoms with van der Waals surface area (Å²) in [5.41, 5.74) is 2.99. The van der Waals surface area contributed by atoms with Crippen molar-refractivity contribution in [2.75, 3.05) is 29.1 Å². The third-order valence-electron chi connectivity index (χ3n) is 5.37. The molecule has 0 saturated heterocycles. The van der Waals surface area contributed by atoms with E-state index in [1.165, 1.54) is 16.7 Å². The molecular weight excluding hydrogens is 464 g/mol. The maximum absolute atomic E-state index is 13.2. The third kappa shape index (κ3) is 4.73. The van der Waals surface area contributed by atoms with Crippen LogP contribution in [0.1, 0.15) is 6.92 Å². The Morgan fingerprint density at radius 3 is 2.60 bits per heavy atom. The van der Waals surface area contributed by atoms with Gasteiger partial charge in [-0.15, -0.1) is 10.2 Å². The van der Waals surface area contributed by atoms with Crippen molar-refractivity contribution in [3.63, 3.8) is 0 Å². The highest BCUT2D eigenvalue weighted by Crippen LogP contribution is 2.32. The lowest BCUT2D eigenvalue weighted by molar-refractivity contribution is -0.120. The first-order valence-electron chi connectivity index (χ1n) is 11.0. The van der Waals surface area contributed by atoms with Crippen LogP contribution >= 0.6 is 11.8 Å².